The van der Waals surface area contributed by atoms with Crippen LogP contribution in [0, 0.1) is 5.82 Å². The Morgan fingerprint density at radius 1 is 1.04 bits per heavy atom. The molecule has 0 radical (unpaired) electrons. The molecule has 1 saturated heterocycles. The molecule has 0 spiro atoms. The number of carbonyl (C=O) groups excluding carboxylic acids is 1. The smallest absolute Gasteiger partial charge is 0.258 e. The highest BCUT2D eigenvalue weighted by Gasteiger charge is 2.25. The first-order valence-corrected chi connectivity index (χ1v) is 10.5. The minimum absolute atomic E-state index is 0.0850. The Balaban J connectivity index is 1.74. The summed E-state index contributed by atoms with van der Waals surface area (Å²) in [7, 11) is -3.52. The summed E-state index contributed by atoms with van der Waals surface area (Å²) in [5.74, 6) is -1.23. The van der Waals surface area contributed by atoms with Crippen molar-refractivity contribution < 1.29 is 17.6 Å². The number of halogens is 2. The van der Waals surface area contributed by atoms with Crippen LogP contribution in [-0.2, 0) is 10.0 Å². The third-order valence-corrected chi connectivity index (χ3v) is 6.65. The largest absolute Gasteiger partial charge is 0.322 e. The molecule has 1 N–H and O–H groups in total. The predicted molar refractivity (Wildman–Crippen MR) is 101 cm³/mol. The fourth-order valence-electron chi connectivity index (χ4n) is 2.84. The Labute approximate surface area is 160 Å². The van der Waals surface area contributed by atoms with Crippen molar-refractivity contribution in [2.75, 3.05) is 18.4 Å². The van der Waals surface area contributed by atoms with Gasteiger partial charge in [-0.15, -0.1) is 0 Å². The third-order valence-electron chi connectivity index (χ3n) is 4.24. The summed E-state index contributed by atoms with van der Waals surface area (Å²) in [6.07, 6.45) is 2.78. The van der Waals surface area contributed by atoms with Gasteiger partial charge in [-0.2, -0.15) is 4.31 Å². The first kappa shape index (κ1) is 19.0. The average Bonchev–Trinajstić information content (AvgIpc) is 2.63. The molecule has 5 nitrogen and oxygen atoms in total. The van der Waals surface area contributed by atoms with Gasteiger partial charge in [-0.3, -0.25) is 4.79 Å². The number of sulfonamides is 1. The lowest BCUT2D eigenvalue weighted by atomic mass is 10.2. The second-order valence-corrected chi connectivity index (χ2v) is 8.92. The summed E-state index contributed by atoms with van der Waals surface area (Å²) in [5.41, 5.74) is 0.313. The number of anilines is 1. The quantitative estimate of drug-likeness (QED) is 0.780. The second-order valence-electron chi connectivity index (χ2n) is 6.07. The van der Waals surface area contributed by atoms with Crippen molar-refractivity contribution in [3.8, 4) is 0 Å². The summed E-state index contributed by atoms with van der Waals surface area (Å²) in [6, 6.07) is 10.1. The number of nitrogens with zero attached hydrogens (tertiary/aromatic N) is 1. The van der Waals surface area contributed by atoms with Gasteiger partial charge in [0.25, 0.3) is 5.91 Å². The molecule has 138 valence electrons. The van der Waals surface area contributed by atoms with Gasteiger partial charge in [0.05, 0.1) is 10.5 Å². The number of amides is 1. The topological polar surface area (TPSA) is 66.5 Å². The van der Waals surface area contributed by atoms with Gasteiger partial charge < -0.3 is 5.32 Å². The van der Waals surface area contributed by atoms with Gasteiger partial charge in [-0.1, -0.05) is 22.4 Å². The highest BCUT2D eigenvalue weighted by molar-refractivity contribution is 9.10. The summed E-state index contributed by atoms with van der Waals surface area (Å²) < 4.78 is 41.1. The maximum atomic E-state index is 13.9. The van der Waals surface area contributed by atoms with Crippen molar-refractivity contribution in [1.82, 2.24) is 4.31 Å². The zero-order chi connectivity index (χ0) is 18.7. The van der Waals surface area contributed by atoms with Crippen LogP contribution in [0.2, 0.25) is 0 Å². The van der Waals surface area contributed by atoms with Gasteiger partial charge in [0, 0.05) is 23.2 Å². The number of rotatable bonds is 4. The molecule has 26 heavy (non-hydrogen) atoms. The number of piperidine rings is 1. The van der Waals surface area contributed by atoms with Gasteiger partial charge in [0.15, 0.2) is 0 Å². The molecule has 8 heteroatoms. The number of carbonyl (C=O) groups is 1. The first-order chi connectivity index (χ1) is 12.4. The standard InChI is InChI=1S/C18H18BrFN2O3S/c19-13-4-9-16(17(20)12-13)18(23)21-14-5-7-15(8-6-14)26(24,25)22-10-2-1-3-11-22/h4-9,12H,1-3,10-11H2,(H,21,23). The van der Waals surface area contributed by atoms with Crippen LogP contribution < -0.4 is 5.32 Å². The molecular formula is C18H18BrFN2O3S. The second kappa shape index (κ2) is 7.85. The lowest BCUT2D eigenvalue weighted by Crippen LogP contribution is -2.35. The first-order valence-electron chi connectivity index (χ1n) is 8.24. The van der Waals surface area contributed by atoms with Gasteiger partial charge >= 0.3 is 0 Å². The van der Waals surface area contributed by atoms with E-state index in [1.54, 1.807) is 6.07 Å². The van der Waals surface area contributed by atoms with Crippen LogP contribution >= 0.6 is 15.9 Å². The Hall–Kier alpha value is -1.77. The highest BCUT2D eigenvalue weighted by Crippen LogP contribution is 2.22. The number of hydrogen-bond donors (Lipinski definition) is 1. The van der Waals surface area contributed by atoms with Crippen molar-refractivity contribution in [2.45, 2.75) is 24.2 Å². The normalized spacial score (nSPS) is 15.6. The molecule has 0 aromatic heterocycles. The fraction of sp³-hybridized carbons (Fsp3) is 0.278. The Bertz CT molecular complexity index is 911. The third kappa shape index (κ3) is 4.13. The molecule has 1 amide bonds. The molecular weight excluding hydrogens is 423 g/mol. The minimum Gasteiger partial charge on any atom is -0.322 e. The molecule has 0 bridgehead atoms. The van der Waals surface area contributed by atoms with Crippen molar-refractivity contribution in [2.24, 2.45) is 0 Å². The van der Waals surface area contributed by atoms with Gasteiger partial charge in [-0.25, -0.2) is 12.8 Å². The van der Waals surface area contributed by atoms with Crippen LogP contribution in [0.1, 0.15) is 29.6 Å². The molecule has 0 atom stereocenters. The molecule has 0 aliphatic carbocycles. The van der Waals surface area contributed by atoms with Crippen molar-refractivity contribution in [3.05, 3.63) is 58.3 Å². The zero-order valence-corrected chi connectivity index (χ0v) is 16.3. The van der Waals surface area contributed by atoms with Crippen LogP contribution in [0.5, 0.6) is 0 Å². The van der Waals surface area contributed by atoms with Crippen LogP contribution in [-0.4, -0.2) is 31.7 Å². The van der Waals surface area contributed by atoms with E-state index in [1.165, 1.54) is 40.7 Å². The van der Waals surface area contributed by atoms with Crippen LogP contribution in [0.3, 0.4) is 0 Å². The van der Waals surface area contributed by atoms with E-state index >= 15 is 0 Å². The van der Waals surface area contributed by atoms with E-state index < -0.39 is 21.7 Å². The Morgan fingerprint density at radius 3 is 2.31 bits per heavy atom. The summed E-state index contributed by atoms with van der Waals surface area (Å²) in [4.78, 5) is 12.4. The van der Waals surface area contributed by atoms with Crippen molar-refractivity contribution >= 4 is 37.5 Å². The van der Waals surface area contributed by atoms with Crippen molar-refractivity contribution in [3.63, 3.8) is 0 Å². The molecule has 1 aliphatic heterocycles. The molecule has 3 rings (SSSR count). The molecule has 2 aromatic carbocycles. The minimum atomic E-state index is -3.52. The monoisotopic (exact) mass is 440 g/mol. The molecule has 1 fully saturated rings. The average molecular weight is 441 g/mol. The lowest BCUT2D eigenvalue weighted by molar-refractivity contribution is 0.102. The molecule has 0 saturated carbocycles. The van der Waals surface area contributed by atoms with Gasteiger partial charge in [0.1, 0.15) is 5.82 Å². The van der Waals surface area contributed by atoms with Gasteiger partial charge in [-0.05, 0) is 55.3 Å². The van der Waals surface area contributed by atoms with E-state index in [-0.39, 0.29) is 10.5 Å². The number of benzene rings is 2. The Kier molecular flexibility index (Phi) is 5.74. The fourth-order valence-corrected chi connectivity index (χ4v) is 4.69. The lowest BCUT2D eigenvalue weighted by Gasteiger charge is -2.25. The van der Waals surface area contributed by atoms with E-state index in [2.05, 4.69) is 21.2 Å². The zero-order valence-electron chi connectivity index (χ0n) is 13.9. The van der Waals surface area contributed by atoms with Crippen LogP contribution in [0.25, 0.3) is 0 Å². The maximum Gasteiger partial charge on any atom is 0.258 e. The van der Waals surface area contributed by atoms with E-state index in [1.807, 2.05) is 0 Å². The molecule has 1 heterocycles. The van der Waals surface area contributed by atoms with E-state index in [0.29, 0.717) is 23.2 Å². The highest BCUT2D eigenvalue weighted by atomic mass is 79.9. The van der Waals surface area contributed by atoms with E-state index in [4.69, 9.17) is 0 Å². The van der Waals surface area contributed by atoms with Crippen LogP contribution in [0.4, 0.5) is 10.1 Å². The molecule has 0 unspecified atom stereocenters. The van der Waals surface area contributed by atoms with E-state index in [9.17, 15) is 17.6 Å². The molecule has 1 aliphatic rings. The van der Waals surface area contributed by atoms with Crippen molar-refractivity contribution in [1.29, 1.82) is 0 Å². The number of hydrogen-bond acceptors (Lipinski definition) is 3. The maximum absolute atomic E-state index is 13.9. The summed E-state index contributed by atoms with van der Waals surface area (Å²) in [6.45, 7) is 1.06. The number of nitrogens with one attached hydrogen (secondary N) is 1. The summed E-state index contributed by atoms with van der Waals surface area (Å²) >= 11 is 3.14. The SMILES string of the molecule is O=C(Nc1ccc(S(=O)(=O)N2CCCCC2)cc1)c1ccc(Br)cc1F. The van der Waals surface area contributed by atoms with Crippen LogP contribution in [0.15, 0.2) is 51.8 Å². The van der Waals surface area contributed by atoms with Gasteiger partial charge in [0.2, 0.25) is 10.0 Å². The summed E-state index contributed by atoms with van der Waals surface area (Å²) in [5, 5.41) is 2.57. The Morgan fingerprint density at radius 2 is 1.69 bits per heavy atom. The van der Waals surface area contributed by atoms with E-state index in [0.717, 1.165) is 19.3 Å². The molecule has 2 aromatic rings. The predicted octanol–water partition coefficient (Wildman–Crippen LogP) is 4.02.